The molecule has 8 heteroatoms. The molecule has 0 saturated heterocycles. The predicted octanol–water partition coefficient (Wildman–Crippen LogP) is 2.95. The van der Waals surface area contributed by atoms with Crippen LogP contribution in [-0.4, -0.2) is 27.5 Å². The van der Waals surface area contributed by atoms with Crippen LogP contribution in [0, 0.1) is 0 Å². The second kappa shape index (κ2) is 8.00. The Labute approximate surface area is 168 Å². The Morgan fingerprint density at radius 1 is 0.931 bits per heavy atom. The summed E-state index contributed by atoms with van der Waals surface area (Å²) in [5.41, 5.74) is 0.786. The lowest BCUT2D eigenvalue weighted by Crippen LogP contribution is -2.24. The fourth-order valence-electron chi connectivity index (χ4n) is 3.01. The molecular formula is C21H19NO6S. The van der Waals surface area contributed by atoms with Crippen molar-refractivity contribution in [2.45, 2.75) is 17.2 Å². The summed E-state index contributed by atoms with van der Waals surface area (Å²) < 4.78 is 41.5. The molecule has 150 valence electrons. The average Bonchev–Trinajstić information content (AvgIpc) is 3.20. The second-order valence-electron chi connectivity index (χ2n) is 6.46. The summed E-state index contributed by atoms with van der Waals surface area (Å²) >= 11 is 0. The van der Waals surface area contributed by atoms with E-state index in [2.05, 4.69) is 5.32 Å². The van der Waals surface area contributed by atoms with Crippen LogP contribution in [0.25, 0.3) is 0 Å². The topological polar surface area (TPSA) is 94.8 Å². The van der Waals surface area contributed by atoms with Gasteiger partial charge in [0, 0.05) is 12.1 Å². The maximum Gasteiger partial charge on any atom is 0.287 e. The van der Waals surface area contributed by atoms with Gasteiger partial charge in [-0.3, -0.25) is 4.79 Å². The Morgan fingerprint density at radius 3 is 2.55 bits per heavy atom. The lowest BCUT2D eigenvalue weighted by atomic mass is 10.1. The fourth-order valence-corrected chi connectivity index (χ4v) is 4.28. The number of rotatable bonds is 6. The molecule has 1 amide bonds. The summed E-state index contributed by atoms with van der Waals surface area (Å²) in [6.07, 6.45) is 0. The summed E-state index contributed by atoms with van der Waals surface area (Å²) in [6, 6.07) is 16.6. The molecule has 0 aliphatic carbocycles. The number of amides is 1. The summed E-state index contributed by atoms with van der Waals surface area (Å²) in [7, 11) is -3.55. The molecule has 29 heavy (non-hydrogen) atoms. The van der Waals surface area contributed by atoms with E-state index in [0.717, 1.165) is 5.56 Å². The molecule has 0 bridgehead atoms. The number of benzene rings is 2. The van der Waals surface area contributed by atoms with Crippen molar-refractivity contribution < 1.29 is 27.1 Å². The zero-order valence-corrected chi connectivity index (χ0v) is 16.3. The Balaban J connectivity index is 1.42. The van der Waals surface area contributed by atoms with Gasteiger partial charge in [-0.15, -0.1) is 0 Å². The van der Waals surface area contributed by atoms with E-state index in [4.69, 9.17) is 13.9 Å². The molecule has 0 atom stereocenters. The molecule has 0 spiro atoms. The average molecular weight is 413 g/mol. The van der Waals surface area contributed by atoms with E-state index in [0.29, 0.717) is 24.7 Å². The largest absolute Gasteiger partial charge is 0.486 e. The first-order valence-corrected chi connectivity index (χ1v) is 10.7. The normalized spacial score (nSPS) is 13.1. The van der Waals surface area contributed by atoms with Gasteiger partial charge in [-0.25, -0.2) is 8.42 Å². The van der Waals surface area contributed by atoms with Crippen LogP contribution >= 0.6 is 0 Å². The first kappa shape index (κ1) is 19.1. The Hall–Kier alpha value is -3.26. The summed E-state index contributed by atoms with van der Waals surface area (Å²) in [5.74, 6) is 0.755. The number of hydrogen-bond acceptors (Lipinski definition) is 6. The zero-order valence-electron chi connectivity index (χ0n) is 15.5. The van der Waals surface area contributed by atoms with Gasteiger partial charge in [0.2, 0.25) is 0 Å². The first-order chi connectivity index (χ1) is 14.0. The van der Waals surface area contributed by atoms with Crippen LogP contribution in [0.1, 0.15) is 21.9 Å². The van der Waals surface area contributed by atoms with Crippen LogP contribution in [0.4, 0.5) is 0 Å². The predicted molar refractivity (Wildman–Crippen MR) is 105 cm³/mol. The van der Waals surface area contributed by atoms with Crippen molar-refractivity contribution in [3.05, 3.63) is 77.7 Å². The van der Waals surface area contributed by atoms with Crippen molar-refractivity contribution in [1.82, 2.24) is 5.32 Å². The molecule has 2 heterocycles. The van der Waals surface area contributed by atoms with Crippen LogP contribution in [0.5, 0.6) is 11.5 Å². The van der Waals surface area contributed by atoms with Gasteiger partial charge in [0.15, 0.2) is 27.1 Å². The standard InChI is InChI=1S/C21H19NO6S/c23-21(22-13-15-5-4-8-18-20(15)27-12-11-26-18)19-10-9-16(28-19)14-29(24,25)17-6-2-1-3-7-17/h1-10H,11-14H2,(H,22,23). The Kier molecular flexibility index (Phi) is 5.26. The number of nitrogens with one attached hydrogen (secondary N) is 1. The van der Waals surface area contributed by atoms with Crippen LogP contribution in [0.2, 0.25) is 0 Å². The number of carbonyl (C=O) groups excluding carboxylic acids is 1. The van der Waals surface area contributed by atoms with Gasteiger partial charge in [0.05, 0.1) is 4.90 Å². The highest BCUT2D eigenvalue weighted by Crippen LogP contribution is 2.33. The number of sulfone groups is 1. The molecule has 7 nitrogen and oxygen atoms in total. The molecule has 0 saturated carbocycles. The third kappa shape index (κ3) is 4.27. The Morgan fingerprint density at radius 2 is 1.72 bits per heavy atom. The molecule has 1 aromatic heterocycles. The number of fused-ring (bicyclic) bond motifs is 1. The minimum absolute atomic E-state index is 0.0465. The van der Waals surface area contributed by atoms with Crippen LogP contribution < -0.4 is 14.8 Å². The van der Waals surface area contributed by atoms with Gasteiger partial charge in [0.1, 0.15) is 24.7 Å². The van der Waals surface area contributed by atoms with E-state index < -0.39 is 15.7 Å². The fraction of sp³-hybridized carbons (Fsp3) is 0.190. The minimum Gasteiger partial charge on any atom is -0.486 e. The molecule has 4 rings (SSSR count). The molecule has 1 aliphatic rings. The maximum atomic E-state index is 12.4. The summed E-state index contributed by atoms with van der Waals surface area (Å²) in [6.45, 7) is 1.17. The third-order valence-electron chi connectivity index (χ3n) is 4.41. The van der Waals surface area contributed by atoms with E-state index in [9.17, 15) is 13.2 Å². The molecule has 2 aromatic carbocycles. The number of hydrogen-bond donors (Lipinski definition) is 1. The quantitative estimate of drug-likeness (QED) is 0.668. The lowest BCUT2D eigenvalue weighted by molar-refractivity contribution is 0.0920. The van der Waals surface area contributed by atoms with Crippen molar-refractivity contribution in [2.75, 3.05) is 13.2 Å². The SMILES string of the molecule is O=C(NCc1cccc2c1OCCO2)c1ccc(CS(=O)(=O)c2ccccc2)o1. The first-order valence-electron chi connectivity index (χ1n) is 9.05. The van der Waals surface area contributed by atoms with Gasteiger partial charge in [0.25, 0.3) is 5.91 Å². The van der Waals surface area contributed by atoms with E-state index in [-0.39, 0.29) is 28.7 Å². The van der Waals surface area contributed by atoms with Crippen LogP contribution in [-0.2, 0) is 22.1 Å². The van der Waals surface area contributed by atoms with E-state index in [1.165, 1.54) is 24.3 Å². The molecular weight excluding hydrogens is 394 g/mol. The van der Waals surface area contributed by atoms with Gasteiger partial charge < -0.3 is 19.2 Å². The monoisotopic (exact) mass is 413 g/mol. The van der Waals surface area contributed by atoms with Crippen molar-refractivity contribution >= 4 is 15.7 Å². The van der Waals surface area contributed by atoms with Gasteiger partial charge in [-0.2, -0.15) is 0 Å². The van der Waals surface area contributed by atoms with Crippen molar-refractivity contribution in [3.63, 3.8) is 0 Å². The highest BCUT2D eigenvalue weighted by atomic mass is 32.2. The maximum absolute atomic E-state index is 12.4. The Bertz CT molecular complexity index is 1120. The lowest BCUT2D eigenvalue weighted by Gasteiger charge is -2.20. The summed E-state index contributed by atoms with van der Waals surface area (Å²) in [5, 5.41) is 2.76. The van der Waals surface area contributed by atoms with Crippen LogP contribution in [0.15, 0.2) is 70.0 Å². The van der Waals surface area contributed by atoms with Crippen molar-refractivity contribution in [1.29, 1.82) is 0 Å². The molecule has 3 aromatic rings. The number of para-hydroxylation sites is 1. The molecule has 0 radical (unpaired) electrons. The van der Waals surface area contributed by atoms with Crippen molar-refractivity contribution in [2.24, 2.45) is 0 Å². The minimum atomic E-state index is -3.55. The van der Waals surface area contributed by atoms with E-state index in [1.807, 2.05) is 18.2 Å². The third-order valence-corrected chi connectivity index (χ3v) is 6.06. The van der Waals surface area contributed by atoms with Gasteiger partial charge in [-0.1, -0.05) is 30.3 Å². The van der Waals surface area contributed by atoms with Gasteiger partial charge in [-0.05, 0) is 30.3 Å². The van der Waals surface area contributed by atoms with Crippen LogP contribution in [0.3, 0.4) is 0 Å². The highest BCUT2D eigenvalue weighted by Gasteiger charge is 2.20. The zero-order chi connectivity index (χ0) is 20.3. The molecule has 1 N–H and O–H groups in total. The molecule has 0 fully saturated rings. The smallest absolute Gasteiger partial charge is 0.287 e. The molecule has 1 aliphatic heterocycles. The number of ether oxygens (including phenoxy) is 2. The second-order valence-corrected chi connectivity index (χ2v) is 8.45. The van der Waals surface area contributed by atoms with Gasteiger partial charge >= 0.3 is 0 Å². The van der Waals surface area contributed by atoms with Crippen molar-refractivity contribution in [3.8, 4) is 11.5 Å². The van der Waals surface area contributed by atoms with E-state index >= 15 is 0 Å². The number of furan rings is 1. The highest BCUT2D eigenvalue weighted by molar-refractivity contribution is 7.90. The number of carbonyl (C=O) groups is 1. The molecule has 0 unspecified atom stereocenters. The summed E-state index contributed by atoms with van der Waals surface area (Å²) in [4.78, 5) is 12.6. The van der Waals surface area contributed by atoms with E-state index in [1.54, 1.807) is 18.2 Å².